The van der Waals surface area contributed by atoms with Crippen LogP contribution in [0.3, 0.4) is 0 Å². The fourth-order valence-electron chi connectivity index (χ4n) is 2.57. The Hall–Kier alpha value is -0.610. The summed E-state index contributed by atoms with van der Waals surface area (Å²) in [5, 5.41) is 3.10. The van der Waals surface area contributed by atoms with Crippen molar-refractivity contribution >= 4 is 5.91 Å². The number of likely N-dealkylation sites (tertiary alicyclic amines) is 1. The Labute approximate surface area is 111 Å². The van der Waals surface area contributed by atoms with Crippen LogP contribution in [0.2, 0.25) is 0 Å². The molecule has 2 unspecified atom stereocenters. The van der Waals surface area contributed by atoms with Crippen LogP contribution in [0.25, 0.3) is 0 Å². The van der Waals surface area contributed by atoms with Crippen LogP contribution >= 0.6 is 0 Å². The van der Waals surface area contributed by atoms with E-state index in [2.05, 4.69) is 42.9 Å². The summed E-state index contributed by atoms with van der Waals surface area (Å²) >= 11 is 0. The highest BCUT2D eigenvalue weighted by molar-refractivity contribution is 5.85. The van der Waals surface area contributed by atoms with Crippen molar-refractivity contribution in [3.05, 3.63) is 0 Å². The summed E-state index contributed by atoms with van der Waals surface area (Å²) in [5.74, 6) is 0.316. The number of rotatable bonds is 5. The lowest BCUT2D eigenvalue weighted by molar-refractivity contribution is -0.129. The highest BCUT2D eigenvalue weighted by Gasteiger charge is 2.40. The number of carbonyl (C=O) groups excluding carboxylic acids is 1. The summed E-state index contributed by atoms with van der Waals surface area (Å²) in [6, 6.07) is 0.731. The molecule has 2 aliphatic rings. The van der Waals surface area contributed by atoms with E-state index in [9.17, 15) is 4.79 Å². The summed E-state index contributed by atoms with van der Waals surface area (Å²) in [5.41, 5.74) is 0.313. The Balaban J connectivity index is 1.80. The lowest BCUT2D eigenvalue weighted by atomic mass is 9.86. The third-order valence-electron chi connectivity index (χ3n) is 4.53. The second-order valence-corrected chi connectivity index (χ2v) is 6.61. The highest BCUT2D eigenvalue weighted by Crippen LogP contribution is 2.34. The van der Waals surface area contributed by atoms with Gasteiger partial charge in [0.05, 0.1) is 6.04 Å². The van der Waals surface area contributed by atoms with Gasteiger partial charge in [0, 0.05) is 25.7 Å². The molecule has 2 aliphatic heterocycles. The standard InChI is InChI=1S/C14H27N3O/c1-11(2)16(4)7-5-14(3)6-8-17(10-14)13(18)12-9-15-12/h11-12,15H,5-10H2,1-4H3. The average molecular weight is 253 g/mol. The molecule has 104 valence electrons. The number of nitrogens with one attached hydrogen (secondary N) is 1. The Bertz CT molecular complexity index is 314. The van der Waals surface area contributed by atoms with Gasteiger partial charge in [-0.1, -0.05) is 6.92 Å². The van der Waals surface area contributed by atoms with Crippen LogP contribution in [-0.2, 0) is 4.79 Å². The monoisotopic (exact) mass is 253 g/mol. The Kier molecular flexibility index (Phi) is 3.97. The van der Waals surface area contributed by atoms with Crippen molar-refractivity contribution in [2.75, 3.05) is 33.2 Å². The van der Waals surface area contributed by atoms with Gasteiger partial charge in [-0.05, 0) is 45.7 Å². The van der Waals surface area contributed by atoms with Crippen molar-refractivity contribution in [3.63, 3.8) is 0 Å². The van der Waals surface area contributed by atoms with Crippen molar-refractivity contribution in [1.29, 1.82) is 0 Å². The molecular formula is C14H27N3O. The minimum Gasteiger partial charge on any atom is -0.341 e. The molecule has 2 fully saturated rings. The minimum absolute atomic E-state index is 0.130. The fraction of sp³-hybridized carbons (Fsp3) is 0.929. The van der Waals surface area contributed by atoms with E-state index >= 15 is 0 Å². The predicted octanol–water partition coefficient (Wildman–Crippen LogP) is 0.927. The van der Waals surface area contributed by atoms with Gasteiger partial charge in [-0.3, -0.25) is 4.79 Å². The van der Waals surface area contributed by atoms with Crippen molar-refractivity contribution in [3.8, 4) is 0 Å². The smallest absolute Gasteiger partial charge is 0.241 e. The predicted molar refractivity (Wildman–Crippen MR) is 73.5 cm³/mol. The zero-order chi connectivity index (χ0) is 13.3. The first-order chi connectivity index (χ1) is 8.41. The first-order valence-corrected chi connectivity index (χ1v) is 7.14. The van der Waals surface area contributed by atoms with Crippen LogP contribution in [0.15, 0.2) is 0 Å². The van der Waals surface area contributed by atoms with Crippen LogP contribution in [0, 0.1) is 5.41 Å². The zero-order valence-electron chi connectivity index (χ0n) is 12.2. The van der Waals surface area contributed by atoms with E-state index in [1.54, 1.807) is 0 Å². The van der Waals surface area contributed by atoms with Gasteiger partial charge in [-0.2, -0.15) is 0 Å². The first-order valence-electron chi connectivity index (χ1n) is 7.14. The van der Waals surface area contributed by atoms with Crippen LogP contribution in [0.4, 0.5) is 0 Å². The number of nitrogens with zero attached hydrogens (tertiary/aromatic N) is 2. The SMILES string of the molecule is CC(C)N(C)CCC1(C)CCN(C(=O)C2CN2)C1. The number of hydrogen-bond acceptors (Lipinski definition) is 3. The van der Waals surface area contributed by atoms with Crippen molar-refractivity contribution in [1.82, 2.24) is 15.1 Å². The van der Waals surface area contributed by atoms with E-state index in [-0.39, 0.29) is 6.04 Å². The zero-order valence-corrected chi connectivity index (χ0v) is 12.2. The fourth-order valence-corrected chi connectivity index (χ4v) is 2.57. The van der Waals surface area contributed by atoms with Gasteiger partial charge in [-0.25, -0.2) is 0 Å². The van der Waals surface area contributed by atoms with Crippen LogP contribution < -0.4 is 5.32 Å². The molecule has 0 aliphatic carbocycles. The van der Waals surface area contributed by atoms with Crippen LogP contribution in [0.1, 0.15) is 33.6 Å². The van der Waals surface area contributed by atoms with Gasteiger partial charge in [0.15, 0.2) is 0 Å². The third-order valence-corrected chi connectivity index (χ3v) is 4.53. The minimum atomic E-state index is 0.130. The molecule has 1 N–H and O–H groups in total. The second-order valence-electron chi connectivity index (χ2n) is 6.61. The molecule has 0 saturated carbocycles. The van der Waals surface area contributed by atoms with E-state index in [0.29, 0.717) is 17.4 Å². The average Bonchev–Trinajstić information content (AvgIpc) is 3.09. The largest absolute Gasteiger partial charge is 0.341 e. The van der Waals surface area contributed by atoms with Crippen molar-refractivity contribution in [2.24, 2.45) is 5.41 Å². The maximum atomic E-state index is 12.0. The van der Waals surface area contributed by atoms with Gasteiger partial charge >= 0.3 is 0 Å². The summed E-state index contributed by atoms with van der Waals surface area (Å²) in [6.07, 6.45) is 2.33. The van der Waals surface area contributed by atoms with Gasteiger partial charge in [0.25, 0.3) is 0 Å². The second kappa shape index (κ2) is 5.17. The summed E-state index contributed by atoms with van der Waals surface area (Å²) in [7, 11) is 2.18. The molecule has 0 bridgehead atoms. The molecule has 0 aromatic heterocycles. The van der Waals surface area contributed by atoms with E-state index in [1.807, 2.05) is 0 Å². The van der Waals surface area contributed by atoms with E-state index in [1.165, 1.54) is 6.42 Å². The van der Waals surface area contributed by atoms with Gasteiger partial charge in [0.2, 0.25) is 5.91 Å². The van der Waals surface area contributed by atoms with E-state index in [4.69, 9.17) is 0 Å². The van der Waals surface area contributed by atoms with Gasteiger partial charge in [-0.15, -0.1) is 0 Å². The lowest BCUT2D eigenvalue weighted by Gasteiger charge is -2.29. The first kappa shape index (κ1) is 13.8. The Morgan fingerprint density at radius 1 is 1.56 bits per heavy atom. The lowest BCUT2D eigenvalue weighted by Crippen LogP contribution is -2.36. The Morgan fingerprint density at radius 3 is 2.78 bits per heavy atom. The molecule has 2 atom stereocenters. The maximum Gasteiger partial charge on any atom is 0.241 e. The number of carbonyl (C=O) groups is 1. The normalized spacial score (nSPS) is 31.4. The molecule has 1 amide bonds. The number of hydrogen-bond donors (Lipinski definition) is 1. The molecular weight excluding hydrogens is 226 g/mol. The summed E-state index contributed by atoms with van der Waals surface area (Å²) in [4.78, 5) is 16.4. The molecule has 2 heterocycles. The van der Waals surface area contributed by atoms with Crippen LogP contribution in [0.5, 0.6) is 0 Å². The molecule has 4 nitrogen and oxygen atoms in total. The molecule has 0 radical (unpaired) electrons. The quantitative estimate of drug-likeness (QED) is 0.741. The summed E-state index contributed by atoms with van der Waals surface area (Å²) in [6.45, 7) is 10.7. The molecule has 4 heteroatoms. The number of amides is 1. The van der Waals surface area contributed by atoms with Crippen molar-refractivity contribution < 1.29 is 4.79 Å². The van der Waals surface area contributed by atoms with E-state index < -0.39 is 0 Å². The van der Waals surface area contributed by atoms with Crippen LogP contribution in [-0.4, -0.2) is 61.0 Å². The van der Waals surface area contributed by atoms with Crippen molar-refractivity contribution in [2.45, 2.75) is 45.7 Å². The molecule has 0 aromatic carbocycles. The van der Waals surface area contributed by atoms with E-state index in [0.717, 1.165) is 32.6 Å². The summed E-state index contributed by atoms with van der Waals surface area (Å²) < 4.78 is 0. The highest BCUT2D eigenvalue weighted by atomic mass is 16.2. The third kappa shape index (κ3) is 3.23. The molecule has 2 rings (SSSR count). The Morgan fingerprint density at radius 2 is 2.22 bits per heavy atom. The topological polar surface area (TPSA) is 45.5 Å². The van der Waals surface area contributed by atoms with Gasteiger partial charge < -0.3 is 15.1 Å². The molecule has 0 spiro atoms. The molecule has 2 saturated heterocycles. The maximum absolute atomic E-state index is 12.0. The van der Waals surface area contributed by atoms with Gasteiger partial charge in [0.1, 0.15) is 0 Å². The molecule has 18 heavy (non-hydrogen) atoms. The molecule has 0 aromatic rings.